The number of halogens is 1. The van der Waals surface area contributed by atoms with Crippen molar-refractivity contribution >= 4 is 12.4 Å². The summed E-state index contributed by atoms with van der Waals surface area (Å²) in [6, 6.07) is 7.90. The van der Waals surface area contributed by atoms with Crippen molar-refractivity contribution in [3.05, 3.63) is 35.4 Å². The maximum absolute atomic E-state index is 8.84. The fourth-order valence-electron chi connectivity index (χ4n) is 1.33. The van der Waals surface area contributed by atoms with Crippen LogP contribution in [0.4, 0.5) is 0 Å². The van der Waals surface area contributed by atoms with Crippen LogP contribution in [-0.4, -0.2) is 11.7 Å². The molecule has 14 heavy (non-hydrogen) atoms. The molecule has 1 atom stereocenters. The molecule has 1 rings (SSSR count). The predicted molar refractivity (Wildman–Crippen MR) is 61.7 cm³/mol. The van der Waals surface area contributed by atoms with Gasteiger partial charge < -0.3 is 10.8 Å². The quantitative estimate of drug-likeness (QED) is 0.808. The summed E-state index contributed by atoms with van der Waals surface area (Å²) in [6.45, 7) is 2.17. The predicted octanol–water partition coefficient (Wildman–Crippen LogP) is 2.05. The summed E-state index contributed by atoms with van der Waals surface area (Å²) in [5.41, 5.74) is 8.00. The number of nitrogens with two attached hydrogens (primary N) is 1. The first-order valence-electron chi connectivity index (χ1n) is 4.73. The normalized spacial score (nSPS) is 11.9. The van der Waals surface area contributed by atoms with Crippen LogP contribution in [0.5, 0.6) is 0 Å². The molecule has 0 aromatic heterocycles. The molecule has 0 saturated heterocycles. The average molecular weight is 216 g/mol. The highest BCUT2D eigenvalue weighted by Crippen LogP contribution is 2.11. The molecule has 1 aromatic carbocycles. The van der Waals surface area contributed by atoms with Crippen LogP contribution in [0, 0.1) is 0 Å². The summed E-state index contributed by atoms with van der Waals surface area (Å²) >= 11 is 0. The number of aryl methyl sites for hydroxylation is 1. The average Bonchev–Trinajstić information content (AvgIpc) is 2.18. The third-order valence-corrected chi connectivity index (χ3v) is 2.14. The van der Waals surface area contributed by atoms with Crippen LogP contribution in [0.3, 0.4) is 0 Å². The molecule has 2 nitrogen and oxygen atoms in total. The Labute approximate surface area is 91.5 Å². The number of benzene rings is 1. The van der Waals surface area contributed by atoms with Crippen LogP contribution in [0.2, 0.25) is 0 Å². The third kappa shape index (κ3) is 3.66. The Balaban J connectivity index is 0.00000169. The van der Waals surface area contributed by atoms with Crippen LogP contribution < -0.4 is 5.73 Å². The first-order valence-corrected chi connectivity index (χ1v) is 4.73. The Morgan fingerprint density at radius 1 is 1.29 bits per heavy atom. The van der Waals surface area contributed by atoms with Gasteiger partial charge in [0, 0.05) is 0 Å². The second kappa shape index (κ2) is 6.82. The molecule has 0 heterocycles. The number of aliphatic hydroxyl groups is 1. The molecule has 0 aliphatic heterocycles. The lowest BCUT2D eigenvalue weighted by Gasteiger charge is -2.08. The molecule has 0 amide bonds. The molecular weight excluding hydrogens is 198 g/mol. The van der Waals surface area contributed by atoms with Gasteiger partial charge in [0.15, 0.2) is 0 Å². The van der Waals surface area contributed by atoms with E-state index in [0.717, 1.165) is 18.4 Å². The lowest BCUT2D eigenvalue weighted by Crippen LogP contribution is -2.14. The van der Waals surface area contributed by atoms with Crippen LogP contribution in [0.15, 0.2) is 24.3 Å². The van der Waals surface area contributed by atoms with Crippen LogP contribution in [0.25, 0.3) is 0 Å². The fraction of sp³-hybridized carbons (Fsp3) is 0.455. The largest absolute Gasteiger partial charge is 0.394 e. The summed E-state index contributed by atoms with van der Waals surface area (Å²) in [5.74, 6) is 0. The van der Waals surface area contributed by atoms with Gasteiger partial charge >= 0.3 is 0 Å². The van der Waals surface area contributed by atoms with Gasteiger partial charge in [-0.3, -0.25) is 0 Å². The SMILES string of the molecule is CCCc1ccc(C(N)CO)cc1.Cl. The summed E-state index contributed by atoms with van der Waals surface area (Å²) < 4.78 is 0. The van der Waals surface area contributed by atoms with Crippen molar-refractivity contribution in [1.29, 1.82) is 0 Å². The van der Waals surface area contributed by atoms with Crippen molar-refractivity contribution in [2.24, 2.45) is 5.73 Å². The van der Waals surface area contributed by atoms with Crippen molar-refractivity contribution in [1.82, 2.24) is 0 Å². The molecule has 0 radical (unpaired) electrons. The minimum atomic E-state index is -0.240. The summed E-state index contributed by atoms with van der Waals surface area (Å²) in [6.07, 6.45) is 2.26. The molecule has 0 saturated carbocycles. The van der Waals surface area contributed by atoms with E-state index in [0.29, 0.717) is 0 Å². The minimum absolute atomic E-state index is 0. The summed E-state index contributed by atoms with van der Waals surface area (Å²) in [7, 11) is 0. The smallest absolute Gasteiger partial charge is 0.0624 e. The first kappa shape index (κ1) is 13.4. The maximum Gasteiger partial charge on any atom is 0.0624 e. The zero-order valence-electron chi connectivity index (χ0n) is 8.44. The van der Waals surface area contributed by atoms with E-state index < -0.39 is 0 Å². The van der Waals surface area contributed by atoms with E-state index >= 15 is 0 Å². The van der Waals surface area contributed by atoms with E-state index in [1.807, 2.05) is 12.1 Å². The minimum Gasteiger partial charge on any atom is -0.394 e. The number of hydrogen-bond acceptors (Lipinski definition) is 2. The second-order valence-electron chi connectivity index (χ2n) is 3.28. The van der Waals surface area contributed by atoms with Crippen molar-refractivity contribution < 1.29 is 5.11 Å². The van der Waals surface area contributed by atoms with Gasteiger partial charge in [-0.2, -0.15) is 0 Å². The van der Waals surface area contributed by atoms with Gasteiger partial charge in [-0.25, -0.2) is 0 Å². The van der Waals surface area contributed by atoms with Crippen molar-refractivity contribution in [2.45, 2.75) is 25.8 Å². The lowest BCUT2D eigenvalue weighted by molar-refractivity contribution is 0.268. The standard InChI is InChI=1S/C11H17NO.ClH/c1-2-3-9-4-6-10(7-5-9)11(12)8-13;/h4-7,11,13H,2-3,8,12H2,1H3;1H. The topological polar surface area (TPSA) is 46.2 Å². The Kier molecular flexibility index (Phi) is 6.54. The van der Waals surface area contributed by atoms with Gasteiger partial charge in [-0.15, -0.1) is 12.4 Å². The van der Waals surface area contributed by atoms with E-state index in [4.69, 9.17) is 10.8 Å². The maximum atomic E-state index is 8.84. The molecule has 1 aromatic rings. The summed E-state index contributed by atoms with van der Waals surface area (Å²) in [5, 5.41) is 8.84. The highest BCUT2D eigenvalue weighted by molar-refractivity contribution is 5.85. The highest BCUT2D eigenvalue weighted by Gasteiger charge is 2.02. The molecular formula is C11H18ClNO. The van der Waals surface area contributed by atoms with Crippen LogP contribution in [-0.2, 0) is 6.42 Å². The van der Waals surface area contributed by atoms with E-state index in [-0.39, 0.29) is 25.1 Å². The van der Waals surface area contributed by atoms with Gasteiger partial charge in [0.2, 0.25) is 0 Å². The zero-order valence-corrected chi connectivity index (χ0v) is 9.26. The van der Waals surface area contributed by atoms with Crippen molar-refractivity contribution in [3.8, 4) is 0 Å². The Bertz CT molecular complexity index is 248. The number of hydrogen-bond donors (Lipinski definition) is 2. The van der Waals surface area contributed by atoms with E-state index in [1.54, 1.807) is 0 Å². The van der Waals surface area contributed by atoms with Crippen molar-refractivity contribution in [3.63, 3.8) is 0 Å². The number of rotatable bonds is 4. The van der Waals surface area contributed by atoms with Crippen molar-refractivity contribution in [2.75, 3.05) is 6.61 Å². The van der Waals surface area contributed by atoms with Gasteiger partial charge in [0.05, 0.1) is 12.6 Å². The molecule has 1 unspecified atom stereocenters. The zero-order chi connectivity index (χ0) is 9.68. The first-order chi connectivity index (χ1) is 6.27. The summed E-state index contributed by atoms with van der Waals surface area (Å²) in [4.78, 5) is 0. The molecule has 3 N–H and O–H groups in total. The fourth-order valence-corrected chi connectivity index (χ4v) is 1.33. The molecule has 0 aliphatic carbocycles. The molecule has 3 heteroatoms. The Morgan fingerprint density at radius 2 is 1.86 bits per heavy atom. The second-order valence-corrected chi connectivity index (χ2v) is 3.28. The van der Waals surface area contributed by atoms with E-state index in [2.05, 4.69) is 19.1 Å². The monoisotopic (exact) mass is 215 g/mol. The van der Waals surface area contributed by atoms with Crippen LogP contribution in [0.1, 0.15) is 30.5 Å². The van der Waals surface area contributed by atoms with Gasteiger partial charge in [0.25, 0.3) is 0 Å². The molecule has 0 bridgehead atoms. The van der Waals surface area contributed by atoms with Gasteiger partial charge in [-0.1, -0.05) is 37.6 Å². The van der Waals surface area contributed by atoms with Crippen LogP contribution >= 0.6 is 12.4 Å². The molecule has 0 aliphatic rings. The van der Waals surface area contributed by atoms with E-state index in [1.165, 1.54) is 5.56 Å². The van der Waals surface area contributed by atoms with E-state index in [9.17, 15) is 0 Å². The van der Waals surface area contributed by atoms with Gasteiger partial charge in [0.1, 0.15) is 0 Å². The lowest BCUT2D eigenvalue weighted by atomic mass is 10.0. The number of aliphatic hydroxyl groups excluding tert-OH is 1. The Hall–Kier alpha value is -0.570. The Morgan fingerprint density at radius 3 is 2.29 bits per heavy atom. The third-order valence-electron chi connectivity index (χ3n) is 2.14. The van der Waals surface area contributed by atoms with Gasteiger partial charge in [-0.05, 0) is 17.5 Å². The molecule has 80 valence electrons. The molecule has 0 spiro atoms. The molecule has 0 fully saturated rings. The highest BCUT2D eigenvalue weighted by atomic mass is 35.5.